The Hall–Kier alpha value is -0.890. The highest BCUT2D eigenvalue weighted by molar-refractivity contribution is 5.98. The molecule has 2 heteroatoms. The molecule has 60 valence electrons. The van der Waals surface area contributed by atoms with Gasteiger partial charge >= 0.3 is 0 Å². The SMILES string of the molecule is C=CCOC1(C(=O)C=C)CC1. The van der Waals surface area contributed by atoms with Gasteiger partial charge in [0.1, 0.15) is 5.60 Å². The normalized spacial score (nSPS) is 18.9. The Morgan fingerprint density at radius 3 is 2.55 bits per heavy atom. The third kappa shape index (κ3) is 1.57. The van der Waals surface area contributed by atoms with Gasteiger partial charge in [0, 0.05) is 0 Å². The van der Waals surface area contributed by atoms with Crippen molar-refractivity contribution < 1.29 is 9.53 Å². The molecule has 0 aliphatic heterocycles. The second kappa shape index (κ2) is 3.01. The molecule has 0 amide bonds. The standard InChI is InChI=1S/C9H12O2/c1-3-7-11-9(5-6-9)8(10)4-2/h3-4H,1-2,5-7H2. The maximum absolute atomic E-state index is 11.1. The van der Waals surface area contributed by atoms with Crippen LogP contribution in [-0.2, 0) is 9.53 Å². The Kier molecular flexibility index (Phi) is 2.25. The fourth-order valence-electron chi connectivity index (χ4n) is 0.980. The summed E-state index contributed by atoms with van der Waals surface area (Å²) in [4.78, 5) is 11.1. The molecule has 1 fully saturated rings. The van der Waals surface area contributed by atoms with Gasteiger partial charge in [0.2, 0.25) is 0 Å². The monoisotopic (exact) mass is 152 g/mol. The smallest absolute Gasteiger partial charge is 0.186 e. The molecule has 1 rings (SSSR count). The van der Waals surface area contributed by atoms with Crippen LogP contribution < -0.4 is 0 Å². The van der Waals surface area contributed by atoms with Crippen LogP contribution in [0, 0.1) is 0 Å². The summed E-state index contributed by atoms with van der Waals surface area (Å²) in [7, 11) is 0. The minimum Gasteiger partial charge on any atom is -0.363 e. The molecule has 0 aromatic carbocycles. The van der Waals surface area contributed by atoms with Gasteiger partial charge in [0.25, 0.3) is 0 Å². The summed E-state index contributed by atoms with van der Waals surface area (Å²) >= 11 is 0. The van der Waals surface area contributed by atoms with E-state index in [4.69, 9.17) is 4.74 Å². The van der Waals surface area contributed by atoms with Gasteiger partial charge in [0.15, 0.2) is 5.78 Å². The van der Waals surface area contributed by atoms with Crippen LogP contribution in [0.25, 0.3) is 0 Å². The minimum atomic E-state index is -0.518. The van der Waals surface area contributed by atoms with Crippen LogP contribution in [0.3, 0.4) is 0 Å². The van der Waals surface area contributed by atoms with Crippen molar-refractivity contribution in [2.75, 3.05) is 6.61 Å². The Morgan fingerprint density at radius 2 is 2.18 bits per heavy atom. The van der Waals surface area contributed by atoms with Crippen LogP contribution in [0.4, 0.5) is 0 Å². The second-order valence-electron chi connectivity index (χ2n) is 2.66. The number of carbonyl (C=O) groups excluding carboxylic acids is 1. The molecule has 0 spiro atoms. The quantitative estimate of drug-likeness (QED) is 0.440. The van der Waals surface area contributed by atoms with Crippen LogP contribution in [-0.4, -0.2) is 18.0 Å². The van der Waals surface area contributed by atoms with E-state index in [0.717, 1.165) is 12.8 Å². The molecule has 2 nitrogen and oxygen atoms in total. The molecule has 1 aliphatic carbocycles. The van der Waals surface area contributed by atoms with E-state index in [1.165, 1.54) is 6.08 Å². The fourth-order valence-corrected chi connectivity index (χ4v) is 0.980. The summed E-state index contributed by atoms with van der Waals surface area (Å²) in [6.45, 7) is 7.38. The summed E-state index contributed by atoms with van der Waals surface area (Å²) in [5.41, 5.74) is -0.518. The van der Waals surface area contributed by atoms with E-state index >= 15 is 0 Å². The van der Waals surface area contributed by atoms with E-state index in [-0.39, 0.29) is 5.78 Å². The molecule has 0 aromatic heterocycles. The highest BCUT2D eigenvalue weighted by Gasteiger charge is 2.49. The zero-order chi connectivity index (χ0) is 8.32. The van der Waals surface area contributed by atoms with Crippen LogP contribution in [0.5, 0.6) is 0 Å². The summed E-state index contributed by atoms with van der Waals surface area (Å²) in [5.74, 6) is -0.000602. The second-order valence-corrected chi connectivity index (χ2v) is 2.66. The third-order valence-corrected chi connectivity index (χ3v) is 1.82. The molecular weight excluding hydrogens is 140 g/mol. The van der Waals surface area contributed by atoms with Gasteiger partial charge < -0.3 is 4.74 Å². The maximum atomic E-state index is 11.1. The van der Waals surface area contributed by atoms with Crippen LogP contribution in [0.15, 0.2) is 25.3 Å². The first-order valence-corrected chi connectivity index (χ1v) is 3.67. The minimum absolute atomic E-state index is 0.000602. The number of ketones is 1. The van der Waals surface area contributed by atoms with Crippen molar-refractivity contribution in [2.45, 2.75) is 18.4 Å². The highest BCUT2D eigenvalue weighted by atomic mass is 16.5. The molecule has 11 heavy (non-hydrogen) atoms. The molecule has 0 bridgehead atoms. The molecule has 0 atom stereocenters. The third-order valence-electron chi connectivity index (χ3n) is 1.82. The van der Waals surface area contributed by atoms with Crippen LogP contribution >= 0.6 is 0 Å². The van der Waals surface area contributed by atoms with Crippen molar-refractivity contribution in [1.29, 1.82) is 0 Å². The molecule has 0 saturated heterocycles. The molecular formula is C9H12O2. The number of ether oxygens (including phenoxy) is 1. The molecule has 1 aliphatic rings. The zero-order valence-electron chi connectivity index (χ0n) is 6.51. The van der Waals surface area contributed by atoms with Crippen molar-refractivity contribution in [1.82, 2.24) is 0 Å². The highest BCUT2D eigenvalue weighted by Crippen LogP contribution is 2.40. The molecule has 0 N–H and O–H groups in total. The molecule has 0 heterocycles. The van der Waals surface area contributed by atoms with Gasteiger partial charge in [-0.1, -0.05) is 12.7 Å². The number of carbonyl (C=O) groups is 1. The Labute approximate surface area is 66.5 Å². The first-order chi connectivity index (χ1) is 5.25. The first-order valence-electron chi connectivity index (χ1n) is 3.67. The average Bonchev–Trinajstić information content (AvgIpc) is 2.80. The van der Waals surface area contributed by atoms with Crippen molar-refractivity contribution >= 4 is 5.78 Å². The molecule has 0 unspecified atom stereocenters. The molecule has 0 aromatic rings. The average molecular weight is 152 g/mol. The summed E-state index contributed by atoms with van der Waals surface area (Å²) < 4.78 is 5.30. The fraction of sp³-hybridized carbons (Fsp3) is 0.444. The predicted octanol–water partition coefficient (Wildman–Crippen LogP) is 1.48. The Morgan fingerprint density at radius 1 is 1.55 bits per heavy atom. The topological polar surface area (TPSA) is 26.3 Å². The van der Waals surface area contributed by atoms with Crippen molar-refractivity contribution in [3.05, 3.63) is 25.3 Å². The van der Waals surface area contributed by atoms with E-state index in [2.05, 4.69) is 13.2 Å². The van der Waals surface area contributed by atoms with Crippen molar-refractivity contribution in [2.24, 2.45) is 0 Å². The maximum Gasteiger partial charge on any atom is 0.186 e. The van der Waals surface area contributed by atoms with E-state index in [0.29, 0.717) is 6.61 Å². The van der Waals surface area contributed by atoms with Crippen LogP contribution in [0.2, 0.25) is 0 Å². The van der Waals surface area contributed by atoms with Gasteiger partial charge in [0.05, 0.1) is 6.61 Å². The van der Waals surface area contributed by atoms with E-state index < -0.39 is 5.60 Å². The van der Waals surface area contributed by atoms with Gasteiger partial charge in [-0.15, -0.1) is 6.58 Å². The number of rotatable bonds is 5. The number of hydrogen-bond acceptors (Lipinski definition) is 2. The predicted molar refractivity (Wildman–Crippen MR) is 43.3 cm³/mol. The summed E-state index contributed by atoms with van der Waals surface area (Å²) in [6.07, 6.45) is 4.63. The van der Waals surface area contributed by atoms with Crippen molar-refractivity contribution in [3.8, 4) is 0 Å². The first kappa shape index (κ1) is 8.21. The lowest BCUT2D eigenvalue weighted by Gasteiger charge is -2.10. The van der Waals surface area contributed by atoms with Crippen LogP contribution in [0.1, 0.15) is 12.8 Å². The lowest BCUT2D eigenvalue weighted by Crippen LogP contribution is -2.24. The summed E-state index contributed by atoms with van der Waals surface area (Å²) in [5, 5.41) is 0. The number of hydrogen-bond donors (Lipinski definition) is 0. The largest absolute Gasteiger partial charge is 0.363 e. The lowest BCUT2D eigenvalue weighted by atomic mass is 10.2. The van der Waals surface area contributed by atoms with Gasteiger partial charge in [-0.3, -0.25) is 4.79 Å². The zero-order valence-corrected chi connectivity index (χ0v) is 6.51. The van der Waals surface area contributed by atoms with Gasteiger partial charge in [-0.2, -0.15) is 0 Å². The van der Waals surface area contributed by atoms with E-state index in [9.17, 15) is 4.79 Å². The van der Waals surface area contributed by atoms with Gasteiger partial charge in [-0.05, 0) is 18.9 Å². The summed E-state index contributed by atoms with van der Waals surface area (Å²) in [6, 6.07) is 0. The van der Waals surface area contributed by atoms with Crippen molar-refractivity contribution in [3.63, 3.8) is 0 Å². The van der Waals surface area contributed by atoms with Gasteiger partial charge in [-0.25, -0.2) is 0 Å². The Balaban J connectivity index is 2.46. The Bertz CT molecular complexity index is 190. The van der Waals surface area contributed by atoms with E-state index in [1.54, 1.807) is 6.08 Å². The molecule has 1 saturated carbocycles. The lowest BCUT2D eigenvalue weighted by molar-refractivity contribution is -0.127. The molecule has 0 radical (unpaired) electrons. The van der Waals surface area contributed by atoms with E-state index in [1.807, 2.05) is 0 Å².